The van der Waals surface area contributed by atoms with E-state index < -0.39 is 61.3 Å². The summed E-state index contributed by atoms with van der Waals surface area (Å²) in [4.78, 5) is -2.12. The van der Waals surface area contributed by atoms with Crippen molar-refractivity contribution in [2.45, 2.75) is 4.90 Å². The van der Waals surface area contributed by atoms with E-state index in [1.165, 1.54) is 4.72 Å². The number of benzene rings is 2. The number of hydrogen-bond acceptors (Lipinski definition) is 3. The molecule has 0 aliphatic heterocycles. The molecule has 0 amide bonds. The average molecular weight is 411 g/mol. The van der Waals surface area contributed by atoms with Crippen molar-refractivity contribution in [3.63, 3.8) is 0 Å². The van der Waals surface area contributed by atoms with Gasteiger partial charge in [0.15, 0.2) is 39.7 Å². The molecule has 1 N–H and O–H groups in total. The summed E-state index contributed by atoms with van der Waals surface area (Å²) in [5, 5.41) is 0. The van der Waals surface area contributed by atoms with E-state index >= 15 is 0 Å². The van der Waals surface area contributed by atoms with Crippen LogP contribution >= 0.6 is 0 Å². The topological polar surface area (TPSA) is 55.4 Å². The molecule has 0 saturated heterocycles. The molecule has 0 radical (unpaired) electrons. The van der Waals surface area contributed by atoms with Gasteiger partial charge >= 0.3 is 51.4 Å². The van der Waals surface area contributed by atoms with Gasteiger partial charge in [0.2, 0.25) is 5.82 Å². The summed E-state index contributed by atoms with van der Waals surface area (Å²) in [6.45, 7) is 0. The summed E-state index contributed by atoms with van der Waals surface area (Å²) in [6, 6.07) is 3.12. The molecule has 0 unspecified atom stereocenters. The Morgan fingerprint density at radius 3 is 1.84 bits per heavy atom. The molecule has 0 aliphatic rings. The maximum atomic E-state index is 13.9. The first-order chi connectivity index (χ1) is 11.1. The number of halogens is 6. The van der Waals surface area contributed by atoms with E-state index in [-0.39, 0.29) is 52.8 Å². The van der Waals surface area contributed by atoms with Gasteiger partial charge in [-0.2, -0.15) is 0 Å². The van der Waals surface area contributed by atoms with E-state index in [0.717, 1.165) is 25.3 Å². The molecule has 0 heterocycles. The molecule has 12 heteroatoms. The summed E-state index contributed by atoms with van der Waals surface area (Å²) in [7, 11) is -4.26. The zero-order valence-corrected chi connectivity index (χ0v) is 16.6. The fraction of sp³-hybridized carbons (Fsp3) is 0.0769. The van der Waals surface area contributed by atoms with E-state index in [4.69, 9.17) is 0 Å². The molecule has 0 aliphatic carbocycles. The second-order valence-corrected chi connectivity index (χ2v) is 5.95. The molecular formula is C13H8F6KNO3S. The molecule has 25 heavy (non-hydrogen) atoms. The fourth-order valence-corrected chi connectivity index (χ4v) is 2.96. The molecule has 0 saturated carbocycles. The molecule has 4 nitrogen and oxygen atoms in total. The van der Waals surface area contributed by atoms with Gasteiger partial charge in [-0.1, -0.05) is 6.07 Å². The standard InChI is InChI=1S/C13H7F6NO3S.K.H/c1-23-6-4-2-3-5(7(6)14)20-24(21,22)13-11(18)9(16)8(15)10(17)12(13)19;;/h2-4,20H,1H3;;/q;+1;-1. The Balaban J connectivity index is 0.00000312. The van der Waals surface area contributed by atoms with Crippen LogP contribution in [-0.2, 0) is 10.0 Å². The summed E-state index contributed by atoms with van der Waals surface area (Å²) in [5.41, 5.74) is -0.807. The summed E-state index contributed by atoms with van der Waals surface area (Å²) in [5.74, 6) is -14.2. The number of methoxy groups -OCH3 is 1. The normalized spacial score (nSPS) is 11.0. The third-order valence-corrected chi connectivity index (χ3v) is 4.25. The van der Waals surface area contributed by atoms with Gasteiger partial charge in [0.05, 0.1) is 12.8 Å². The Morgan fingerprint density at radius 2 is 1.36 bits per heavy atom. The van der Waals surface area contributed by atoms with Gasteiger partial charge in [0.1, 0.15) is 0 Å². The number of ether oxygens (including phenoxy) is 1. The molecule has 2 aromatic rings. The Morgan fingerprint density at radius 1 is 0.880 bits per heavy atom. The molecule has 132 valence electrons. The summed E-state index contributed by atoms with van der Waals surface area (Å²) < 4.78 is 110. The van der Waals surface area contributed by atoms with Crippen LogP contribution in [0, 0.1) is 34.9 Å². The van der Waals surface area contributed by atoms with Gasteiger partial charge in [-0.3, -0.25) is 4.72 Å². The zero-order valence-electron chi connectivity index (χ0n) is 13.6. The Labute approximate surface area is 182 Å². The summed E-state index contributed by atoms with van der Waals surface area (Å²) >= 11 is 0. The van der Waals surface area contributed by atoms with Crippen molar-refractivity contribution in [2.24, 2.45) is 0 Å². The van der Waals surface area contributed by atoms with Crippen molar-refractivity contribution in [1.29, 1.82) is 0 Å². The molecule has 0 aromatic heterocycles. The largest absolute Gasteiger partial charge is 1.00 e. The van der Waals surface area contributed by atoms with Crippen LogP contribution in [0.1, 0.15) is 1.43 Å². The number of rotatable bonds is 4. The molecular weight excluding hydrogens is 403 g/mol. The van der Waals surface area contributed by atoms with Gasteiger partial charge < -0.3 is 6.16 Å². The monoisotopic (exact) mass is 411 g/mol. The summed E-state index contributed by atoms with van der Waals surface area (Å²) in [6.07, 6.45) is 0. The second kappa shape index (κ2) is 8.27. The minimum Gasteiger partial charge on any atom is -1.00 e. The van der Waals surface area contributed by atoms with Gasteiger partial charge in [-0.25, -0.2) is 34.8 Å². The molecule has 2 aromatic carbocycles. The molecule has 2 rings (SSSR count). The van der Waals surface area contributed by atoms with Crippen LogP contribution in [0.2, 0.25) is 0 Å². The minimum atomic E-state index is -5.33. The fourth-order valence-electron chi connectivity index (χ4n) is 1.76. The number of nitrogens with one attached hydrogen (secondary N) is 1. The molecule has 0 fully saturated rings. The maximum absolute atomic E-state index is 13.9. The van der Waals surface area contributed by atoms with Gasteiger partial charge in [0, 0.05) is 0 Å². The van der Waals surface area contributed by atoms with Crippen LogP contribution in [0.15, 0.2) is 23.1 Å². The predicted molar refractivity (Wildman–Crippen MR) is 71.1 cm³/mol. The van der Waals surface area contributed by atoms with Crippen molar-refractivity contribution >= 4 is 15.7 Å². The van der Waals surface area contributed by atoms with Crippen LogP contribution in [-0.4, -0.2) is 15.5 Å². The Hall–Kier alpha value is -0.794. The van der Waals surface area contributed by atoms with Gasteiger partial charge in [-0.15, -0.1) is 0 Å². The second-order valence-electron chi connectivity index (χ2n) is 4.33. The van der Waals surface area contributed by atoms with E-state index in [1.54, 1.807) is 0 Å². The van der Waals surface area contributed by atoms with E-state index in [0.29, 0.717) is 0 Å². The molecule has 0 spiro atoms. The van der Waals surface area contributed by atoms with Crippen LogP contribution < -0.4 is 60.8 Å². The number of anilines is 1. The van der Waals surface area contributed by atoms with E-state index in [1.807, 2.05) is 0 Å². The third-order valence-electron chi connectivity index (χ3n) is 2.87. The van der Waals surface area contributed by atoms with Crippen molar-refractivity contribution in [3.8, 4) is 5.75 Å². The van der Waals surface area contributed by atoms with Crippen LogP contribution in [0.25, 0.3) is 0 Å². The average Bonchev–Trinajstić information content (AvgIpc) is 2.52. The van der Waals surface area contributed by atoms with Crippen molar-refractivity contribution < 1.29 is 92.3 Å². The van der Waals surface area contributed by atoms with Crippen molar-refractivity contribution in [1.82, 2.24) is 0 Å². The first-order valence-electron chi connectivity index (χ1n) is 5.98. The SMILES string of the molecule is COc1cccc(NS(=O)(=O)c2c(F)c(F)c(F)c(F)c2F)c1F.[H-].[K+]. The third kappa shape index (κ3) is 4.14. The first-order valence-corrected chi connectivity index (χ1v) is 7.47. The van der Waals surface area contributed by atoms with Crippen LogP contribution in [0.3, 0.4) is 0 Å². The predicted octanol–water partition coefficient (Wildman–Crippen LogP) is 0.447. The van der Waals surface area contributed by atoms with Crippen LogP contribution in [0.4, 0.5) is 32.0 Å². The Kier molecular flexibility index (Phi) is 7.36. The number of sulfonamides is 1. The van der Waals surface area contributed by atoms with Crippen molar-refractivity contribution in [3.05, 3.63) is 53.1 Å². The van der Waals surface area contributed by atoms with E-state index in [2.05, 4.69) is 4.74 Å². The van der Waals surface area contributed by atoms with Gasteiger partial charge in [-0.05, 0) is 12.1 Å². The van der Waals surface area contributed by atoms with Crippen LogP contribution in [0.5, 0.6) is 5.75 Å². The quantitative estimate of drug-likeness (QED) is 0.344. The zero-order chi connectivity index (χ0) is 18.2. The van der Waals surface area contributed by atoms with Gasteiger partial charge in [0.25, 0.3) is 10.0 Å². The Bertz CT molecular complexity index is 900. The minimum absolute atomic E-state index is 0. The maximum Gasteiger partial charge on any atom is 1.00 e. The molecule has 0 atom stereocenters. The first kappa shape index (κ1) is 22.2. The molecule has 0 bridgehead atoms. The smallest absolute Gasteiger partial charge is 1.00 e. The van der Waals surface area contributed by atoms with E-state index in [9.17, 15) is 34.8 Å². The number of hydrogen-bond donors (Lipinski definition) is 1. The van der Waals surface area contributed by atoms with Crippen molar-refractivity contribution in [2.75, 3.05) is 11.8 Å².